The minimum Gasteiger partial charge on any atom is -0.399 e. The fourth-order valence-corrected chi connectivity index (χ4v) is 2.11. The Morgan fingerprint density at radius 2 is 2.00 bits per heavy atom. The molecule has 0 spiro atoms. The summed E-state index contributed by atoms with van der Waals surface area (Å²) < 4.78 is 13.3. The van der Waals surface area contributed by atoms with Crippen molar-refractivity contribution in [3.05, 3.63) is 64.4 Å². The van der Waals surface area contributed by atoms with Crippen LogP contribution in [0.5, 0.6) is 0 Å². The Morgan fingerprint density at radius 1 is 1.30 bits per heavy atom. The number of nitrogens with zero attached hydrogens (tertiary/aromatic N) is 1. The van der Waals surface area contributed by atoms with E-state index >= 15 is 0 Å². The topological polar surface area (TPSA) is 46.3 Å². The Balaban J connectivity index is 2.18. The lowest BCUT2D eigenvalue weighted by Gasteiger charge is -2.18. The average Bonchev–Trinajstić information content (AvgIpc) is 2.39. The van der Waals surface area contributed by atoms with Gasteiger partial charge in [0, 0.05) is 29.9 Å². The van der Waals surface area contributed by atoms with Crippen LogP contribution in [0, 0.1) is 5.82 Å². The second-order valence-electron chi connectivity index (χ2n) is 4.53. The van der Waals surface area contributed by atoms with Crippen molar-refractivity contribution in [1.82, 2.24) is 4.90 Å². The number of nitrogens with two attached hydrogens (primary N) is 1. The van der Waals surface area contributed by atoms with Crippen molar-refractivity contribution in [2.45, 2.75) is 6.54 Å². The first-order chi connectivity index (χ1) is 9.47. The van der Waals surface area contributed by atoms with Crippen LogP contribution >= 0.6 is 11.6 Å². The summed E-state index contributed by atoms with van der Waals surface area (Å²) >= 11 is 6.05. The zero-order valence-electron chi connectivity index (χ0n) is 10.9. The van der Waals surface area contributed by atoms with Crippen molar-refractivity contribution >= 4 is 23.2 Å². The molecule has 0 saturated heterocycles. The predicted octanol–water partition coefficient (Wildman–Crippen LogP) is 3.33. The van der Waals surface area contributed by atoms with Gasteiger partial charge in [-0.15, -0.1) is 0 Å². The molecule has 3 nitrogen and oxygen atoms in total. The van der Waals surface area contributed by atoms with Crippen LogP contribution in [-0.4, -0.2) is 17.9 Å². The fraction of sp³-hybridized carbons (Fsp3) is 0.133. The highest BCUT2D eigenvalue weighted by Crippen LogP contribution is 2.18. The second-order valence-corrected chi connectivity index (χ2v) is 4.93. The SMILES string of the molecule is CN(Cc1ccccc1Cl)C(=O)c1cc(N)cc(F)c1. The highest BCUT2D eigenvalue weighted by molar-refractivity contribution is 6.31. The summed E-state index contributed by atoms with van der Waals surface area (Å²) in [5.74, 6) is -0.837. The molecule has 0 fully saturated rings. The summed E-state index contributed by atoms with van der Waals surface area (Å²) in [6, 6.07) is 11.1. The molecule has 2 aromatic carbocycles. The lowest BCUT2D eigenvalue weighted by Crippen LogP contribution is -2.26. The number of hydrogen-bond donors (Lipinski definition) is 1. The third-order valence-corrected chi connectivity index (χ3v) is 3.25. The van der Waals surface area contributed by atoms with Crippen LogP contribution in [-0.2, 0) is 6.54 Å². The second kappa shape index (κ2) is 5.92. The molecule has 2 rings (SSSR count). The molecular formula is C15H14ClFN2O. The van der Waals surface area contributed by atoms with Crippen LogP contribution in [0.25, 0.3) is 0 Å². The zero-order valence-corrected chi connectivity index (χ0v) is 11.7. The number of hydrogen-bond acceptors (Lipinski definition) is 2. The molecule has 2 N–H and O–H groups in total. The minimum atomic E-state index is -0.528. The molecule has 0 aliphatic heterocycles. The maximum absolute atomic E-state index is 13.3. The lowest BCUT2D eigenvalue weighted by molar-refractivity contribution is 0.0784. The predicted molar refractivity (Wildman–Crippen MR) is 78.1 cm³/mol. The third-order valence-electron chi connectivity index (χ3n) is 2.88. The van der Waals surface area contributed by atoms with Crippen LogP contribution in [0.1, 0.15) is 15.9 Å². The monoisotopic (exact) mass is 292 g/mol. The van der Waals surface area contributed by atoms with Crippen molar-refractivity contribution in [3.63, 3.8) is 0 Å². The van der Waals surface area contributed by atoms with Crippen molar-refractivity contribution in [2.24, 2.45) is 0 Å². The van der Waals surface area contributed by atoms with Crippen molar-refractivity contribution < 1.29 is 9.18 Å². The van der Waals surface area contributed by atoms with Gasteiger partial charge in [-0.3, -0.25) is 4.79 Å². The summed E-state index contributed by atoms with van der Waals surface area (Å²) in [5.41, 5.74) is 6.81. The number of nitrogen functional groups attached to an aromatic ring is 1. The van der Waals surface area contributed by atoms with E-state index in [0.717, 1.165) is 5.56 Å². The van der Waals surface area contributed by atoms with Crippen LogP contribution in [0.15, 0.2) is 42.5 Å². The van der Waals surface area contributed by atoms with E-state index in [1.165, 1.54) is 23.1 Å². The Labute approximate surface area is 121 Å². The number of carbonyl (C=O) groups excluding carboxylic acids is 1. The smallest absolute Gasteiger partial charge is 0.254 e. The van der Waals surface area contributed by atoms with E-state index in [-0.39, 0.29) is 17.2 Å². The van der Waals surface area contributed by atoms with Crippen molar-refractivity contribution in [1.29, 1.82) is 0 Å². The van der Waals surface area contributed by atoms with Gasteiger partial charge in [0.25, 0.3) is 5.91 Å². The minimum absolute atomic E-state index is 0.219. The molecule has 5 heteroatoms. The standard InChI is InChI=1S/C15H14ClFN2O/c1-19(9-10-4-2-3-5-14(10)16)15(20)11-6-12(17)8-13(18)7-11/h2-8H,9,18H2,1H3. The average molecular weight is 293 g/mol. The molecule has 0 atom stereocenters. The maximum atomic E-state index is 13.3. The normalized spacial score (nSPS) is 10.3. The van der Waals surface area contributed by atoms with Crippen molar-refractivity contribution in [3.8, 4) is 0 Å². The Hall–Kier alpha value is -2.07. The Morgan fingerprint density at radius 3 is 2.65 bits per heavy atom. The van der Waals surface area contributed by atoms with E-state index in [1.807, 2.05) is 18.2 Å². The largest absolute Gasteiger partial charge is 0.399 e. The zero-order chi connectivity index (χ0) is 14.7. The van der Waals surface area contributed by atoms with E-state index in [9.17, 15) is 9.18 Å². The number of halogens is 2. The van der Waals surface area contributed by atoms with Gasteiger partial charge in [0.2, 0.25) is 0 Å². The van der Waals surface area contributed by atoms with Crippen molar-refractivity contribution in [2.75, 3.05) is 12.8 Å². The number of benzene rings is 2. The molecule has 0 heterocycles. The number of anilines is 1. The summed E-state index contributed by atoms with van der Waals surface area (Å²) in [5, 5.41) is 0.589. The molecule has 0 radical (unpaired) electrons. The molecular weight excluding hydrogens is 279 g/mol. The molecule has 0 saturated carbocycles. The first-order valence-corrected chi connectivity index (χ1v) is 6.40. The van der Waals surface area contributed by atoms with Gasteiger partial charge in [0.05, 0.1) is 0 Å². The van der Waals surface area contributed by atoms with Crippen LogP contribution in [0.4, 0.5) is 10.1 Å². The number of rotatable bonds is 3. The lowest BCUT2D eigenvalue weighted by atomic mass is 10.1. The third kappa shape index (κ3) is 3.27. The molecule has 1 amide bonds. The highest BCUT2D eigenvalue weighted by atomic mass is 35.5. The van der Waals surface area contributed by atoms with Gasteiger partial charge < -0.3 is 10.6 Å². The summed E-state index contributed by atoms with van der Waals surface area (Å²) in [4.78, 5) is 13.7. The fourth-order valence-electron chi connectivity index (χ4n) is 1.91. The Bertz CT molecular complexity index is 625. The van der Waals surface area contributed by atoms with Gasteiger partial charge in [0.15, 0.2) is 0 Å². The molecule has 20 heavy (non-hydrogen) atoms. The molecule has 0 unspecified atom stereocenters. The van der Waals surface area contributed by atoms with E-state index in [1.54, 1.807) is 13.1 Å². The molecule has 0 aromatic heterocycles. The van der Waals surface area contributed by atoms with Gasteiger partial charge in [-0.2, -0.15) is 0 Å². The van der Waals surface area contributed by atoms with Gasteiger partial charge in [-0.05, 0) is 29.8 Å². The summed E-state index contributed by atoms with van der Waals surface area (Å²) in [6.07, 6.45) is 0. The van der Waals surface area contributed by atoms with Crippen LogP contribution in [0.2, 0.25) is 5.02 Å². The summed E-state index contributed by atoms with van der Waals surface area (Å²) in [6.45, 7) is 0.342. The first-order valence-electron chi connectivity index (χ1n) is 6.02. The Kier molecular flexibility index (Phi) is 4.25. The molecule has 0 bridgehead atoms. The van der Waals surface area contributed by atoms with E-state index in [0.29, 0.717) is 11.6 Å². The number of carbonyl (C=O) groups is 1. The molecule has 0 aliphatic carbocycles. The van der Waals surface area contributed by atoms with E-state index in [4.69, 9.17) is 17.3 Å². The van der Waals surface area contributed by atoms with Gasteiger partial charge in [-0.25, -0.2) is 4.39 Å². The molecule has 104 valence electrons. The first kappa shape index (κ1) is 14.3. The quantitative estimate of drug-likeness (QED) is 0.882. The highest BCUT2D eigenvalue weighted by Gasteiger charge is 2.14. The van der Waals surface area contributed by atoms with Crippen LogP contribution in [0.3, 0.4) is 0 Å². The van der Waals surface area contributed by atoms with Gasteiger partial charge in [-0.1, -0.05) is 29.8 Å². The maximum Gasteiger partial charge on any atom is 0.254 e. The molecule has 0 aliphatic rings. The summed E-state index contributed by atoms with van der Waals surface area (Å²) in [7, 11) is 1.63. The van der Waals surface area contributed by atoms with E-state index in [2.05, 4.69) is 0 Å². The molecule has 2 aromatic rings. The van der Waals surface area contributed by atoms with Gasteiger partial charge >= 0.3 is 0 Å². The number of amides is 1. The van der Waals surface area contributed by atoms with E-state index < -0.39 is 5.82 Å². The van der Waals surface area contributed by atoms with Crippen LogP contribution < -0.4 is 5.73 Å². The van der Waals surface area contributed by atoms with Gasteiger partial charge in [0.1, 0.15) is 5.82 Å².